The lowest BCUT2D eigenvalue weighted by Crippen LogP contribution is -2.46. The lowest BCUT2D eigenvalue weighted by Gasteiger charge is -2.23. The van der Waals surface area contributed by atoms with Gasteiger partial charge in [0.05, 0.1) is 12.1 Å². The van der Waals surface area contributed by atoms with Crippen molar-refractivity contribution in [1.29, 1.82) is 0 Å². The average Bonchev–Trinajstić information content (AvgIpc) is 2.76. The van der Waals surface area contributed by atoms with E-state index in [9.17, 15) is 4.79 Å². The zero-order valence-corrected chi connectivity index (χ0v) is 11.0. The van der Waals surface area contributed by atoms with Crippen LogP contribution in [-0.4, -0.2) is 29.6 Å². The molecular formula is C13H16N2O2S. The van der Waals surface area contributed by atoms with Crippen molar-refractivity contribution in [2.45, 2.75) is 18.9 Å². The molecule has 5 heteroatoms. The van der Waals surface area contributed by atoms with Crippen molar-refractivity contribution in [2.24, 2.45) is 5.73 Å². The van der Waals surface area contributed by atoms with Crippen molar-refractivity contribution in [3.8, 4) is 0 Å². The van der Waals surface area contributed by atoms with Crippen LogP contribution in [0, 0.1) is 0 Å². The first kappa shape index (κ1) is 13.0. The predicted molar refractivity (Wildman–Crippen MR) is 73.6 cm³/mol. The van der Waals surface area contributed by atoms with E-state index in [2.05, 4.69) is 5.32 Å². The van der Waals surface area contributed by atoms with Crippen molar-refractivity contribution in [3.63, 3.8) is 0 Å². The molecule has 1 fully saturated rings. The quantitative estimate of drug-likeness (QED) is 0.806. The Morgan fingerprint density at radius 3 is 2.50 bits per heavy atom. The maximum absolute atomic E-state index is 12.1. The molecule has 0 aliphatic carbocycles. The number of carbonyl (C=O) groups excluding carboxylic acids is 1. The molecule has 1 heterocycles. The van der Waals surface area contributed by atoms with Crippen LogP contribution in [0.1, 0.15) is 29.3 Å². The summed E-state index contributed by atoms with van der Waals surface area (Å²) in [6, 6.07) is 6.96. The van der Waals surface area contributed by atoms with Gasteiger partial charge in [-0.3, -0.25) is 4.79 Å². The molecule has 1 unspecified atom stereocenters. The van der Waals surface area contributed by atoms with Gasteiger partial charge in [-0.2, -0.15) is 0 Å². The van der Waals surface area contributed by atoms with Crippen LogP contribution in [0.2, 0.25) is 0 Å². The molecule has 4 nitrogen and oxygen atoms in total. The largest absolute Gasteiger partial charge is 0.389 e. The van der Waals surface area contributed by atoms with Gasteiger partial charge >= 0.3 is 0 Å². The lowest BCUT2D eigenvalue weighted by atomic mass is 10.0. The summed E-state index contributed by atoms with van der Waals surface area (Å²) >= 11 is 4.87. The normalized spacial score (nSPS) is 22.7. The van der Waals surface area contributed by atoms with Gasteiger partial charge in [-0.05, 0) is 25.5 Å². The molecule has 0 bridgehead atoms. The molecular weight excluding hydrogens is 248 g/mol. The number of thiocarbonyl (C=S) groups is 1. The Morgan fingerprint density at radius 1 is 1.39 bits per heavy atom. The molecule has 3 N–H and O–H groups in total. The highest BCUT2D eigenvalue weighted by atomic mass is 32.1. The second-order valence-corrected chi connectivity index (χ2v) is 5.20. The Balaban J connectivity index is 2.07. The molecule has 1 saturated heterocycles. The molecule has 1 aliphatic rings. The van der Waals surface area contributed by atoms with Gasteiger partial charge in [0.2, 0.25) is 0 Å². The first-order valence-corrected chi connectivity index (χ1v) is 6.21. The average molecular weight is 264 g/mol. The number of rotatable bonds is 3. The van der Waals surface area contributed by atoms with Gasteiger partial charge in [-0.25, -0.2) is 0 Å². The maximum atomic E-state index is 12.1. The summed E-state index contributed by atoms with van der Waals surface area (Å²) in [6.07, 6.45) is 0.837. The number of hydrogen-bond donors (Lipinski definition) is 2. The van der Waals surface area contributed by atoms with Crippen LogP contribution in [0.15, 0.2) is 24.3 Å². The summed E-state index contributed by atoms with van der Waals surface area (Å²) in [5.41, 5.74) is 6.60. The molecule has 1 atom stereocenters. The first-order chi connectivity index (χ1) is 8.50. The van der Waals surface area contributed by atoms with E-state index in [0.717, 1.165) is 12.0 Å². The molecule has 1 aliphatic heterocycles. The number of carbonyl (C=O) groups is 1. The summed E-state index contributed by atoms with van der Waals surface area (Å²) in [7, 11) is 0. The topological polar surface area (TPSA) is 64.4 Å². The molecule has 0 radical (unpaired) electrons. The molecule has 1 aromatic carbocycles. The van der Waals surface area contributed by atoms with Crippen LogP contribution in [0.3, 0.4) is 0 Å². The predicted octanol–water partition coefficient (Wildman–Crippen LogP) is 1.23. The lowest BCUT2D eigenvalue weighted by molar-refractivity contribution is 0.0890. The highest BCUT2D eigenvalue weighted by molar-refractivity contribution is 7.80. The fraction of sp³-hybridized carbons (Fsp3) is 0.385. The van der Waals surface area contributed by atoms with Crippen LogP contribution in [0.25, 0.3) is 0 Å². The molecule has 96 valence electrons. The van der Waals surface area contributed by atoms with E-state index in [-0.39, 0.29) is 11.4 Å². The smallest absolute Gasteiger partial charge is 0.251 e. The van der Waals surface area contributed by atoms with E-state index in [0.29, 0.717) is 23.8 Å². The Labute approximate surface area is 112 Å². The van der Waals surface area contributed by atoms with Gasteiger partial charge in [0, 0.05) is 17.7 Å². The maximum Gasteiger partial charge on any atom is 0.251 e. The molecule has 1 aromatic rings. The van der Waals surface area contributed by atoms with Crippen LogP contribution < -0.4 is 11.1 Å². The van der Waals surface area contributed by atoms with Crippen LogP contribution >= 0.6 is 12.2 Å². The molecule has 18 heavy (non-hydrogen) atoms. The van der Waals surface area contributed by atoms with E-state index in [1.807, 2.05) is 6.92 Å². The standard InChI is InChI=1S/C13H16N2O2S/c1-13(6-7-17-8-13)15-12(16)10-4-2-9(3-5-10)11(14)18/h2-5H,6-8H2,1H3,(H2,14,18)(H,15,16). The van der Waals surface area contributed by atoms with E-state index < -0.39 is 0 Å². The SMILES string of the molecule is CC1(NC(=O)c2ccc(C(N)=S)cc2)CCOC1. The number of ether oxygens (including phenoxy) is 1. The van der Waals surface area contributed by atoms with Gasteiger partial charge < -0.3 is 15.8 Å². The molecule has 1 amide bonds. The second-order valence-electron chi connectivity index (χ2n) is 4.76. The number of nitrogens with two attached hydrogens (primary N) is 1. The van der Waals surface area contributed by atoms with Crippen LogP contribution in [0.5, 0.6) is 0 Å². The van der Waals surface area contributed by atoms with E-state index in [1.54, 1.807) is 24.3 Å². The van der Waals surface area contributed by atoms with Gasteiger partial charge in [0.1, 0.15) is 4.99 Å². The first-order valence-electron chi connectivity index (χ1n) is 5.80. The van der Waals surface area contributed by atoms with Crippen molar-refractivity contribution in [1.82, 2.24) is 5.32 Å². The number of nitrogens with one attached hydrogen (secondary N) is 1. The van der Waals surface area contributed by atoms with Crippen molar-refractivity contribution < 1.29 is 9.53 Å². The fourth-order valence-electron chi connectivity index (χ4n) is 1.90. The summed E-state index contributed by atoms with van der Waals surface area (Å²) in [5, 5.41) is 2.99. The van der Waals surface area contributed by atoms with Crippen LogP contribution in [-0.2, 0) is 4.74 Å². The molecule has 0 spiro atoms. The Hall–Kier alpha value is -1.46. The third kappa shape index (κ3) is 2.86. The van der Waals surface area contributed by atoms with Crippen LogP contribution in [0.4, 0.5) is 0 Å². The van der Waals surface area contributed by atoms with Crippen molar-refractivity contribution >= 4 is 23.1 Å². The number of amides is 1. The summed E-state index contributed by atoms with van der Waals surface area (Å²) in [5.74, 6) is -0.0995. The number of benzene rings is 1. The summed E-state index contributed by atoms with van der Waals surface area (Å²) in [6.45, 7) is 3.24. The highest BCUT2D eigenvalue weighted by Crippen LogP contribution is 2.18. The third-order valence-corrected chi connectivity index (χ3v) is 3.30. The molecule has 0 saturated carbocycles. The van der Waals surface area contributed by atoms with Crippen molar-refractivity contribution in [2.75, 3.05) is 13.2 Å². The fourth-order valence-corrected chi connectivity index (χ4v) is 2.03. The minimum absolute atomic E-state index is 0.0995. The minimum Gasteiger partial charge on any atom is -0.389 e. The third-order valence-electron chi connectivity index (χ3n) is 3.07. The zero-order valence-electron chi connectivity index (χ0n) is 10.2. The Morgan fingerprint density at radius 2 is 2.00 bits per heavy atom. The van der Waals surface area contributed by atoms with E-state index in [1.165, 1.54) is 0 Å². The Kier molecular flexibility index (Phi) is 3.63. The highest BCUT2D eigenvalue weighted by Gasteiger charge is 2.31. The zero-order chi connectivity index (χ0) is 13.2. The minimum atomic E-state index is -0.265. The monoisotopic (exact) mass is 264 g/mol. The van der Waals surface area contributed by atoms with Gasteiger partial charge in [0.15, 0.2) is 0 Å². The summed E-state index contributed by atoms with van der Waals surface area (Å²) < 4.78 is 5.30. The van der Waals surface area contributed by atoms with E-state index in [4.69, 9.17) is 22.7 Å². The van der Waals surface area contributed by atoms with Crippen molar-refractivity contribution in [3.05, 3.63) is 35.4 Å². The number of hydrogen-bond acceptors (Lipinski definition) is 3. The molecule has 0 aromatic heterocycles. The van der Waals surface area contributed by atoms with Gasteiger partial charge in [0.25, 0.3) is 5.91 Å². The van der Waals surface area contributed by atoms with Gasteiger partial charge in [-0.15, -0.1) is 0 Å². The van der Waals surface area contributed by atoms with E-state index >= 15 is 0 Å². The van der Waals surface area contributed by atoms with Gasteiger partial charge in [-0.1, -0.05) is 24.4 Å². The second kappa shape index (κ2) is 5.04. The summed E-state index contributed by atoms with van der Waals surface area (Å²) in [4.78, 5) is 12.4. The Bertz CT molecular complexity index is 464. The molecule has 2 rings (SSSR count).